The predicted octanol–water partition coefficient (Wildman–Crippen LogP) is 8.26. The van der Waals surface area contributed by atoms with Crippen LogP contribution in [0.3, 0.4) is 0 Å². The van der Waals surface area contributed by atoms with E-state index in [4.69, 9.17) is 0 Å². The molecule has 28 heavy (non-hydrogen) atoms. The summed E-state index contributed by atoms with van der Waals surface area (Å²) in [7, 11) is 1.35. The van der Waals surface area contributed by atoms with Gasteiger partial charge in [0.25, 0.3) is 0 Å². The van der Waals surface area contributed by atoms with Gasteiger partial charge in [0, 0.05) is 4.47 Å². The molecule has 4 heteroatoms. The molecule has 0 saturated carbocycles. The zero-order chi connectivity index (χ0) is 21.6. The van der Waals surface area contributed by atoms with Crippen LogP contribution in [-0.2, 0) is 9.53 Å². The van der Waals surface area contributed by atoms with E-state index in [9.17, 15) is 4.79 Å². The van der Waals surface area contributed by atoms with E-state index >= 15 is 0 Å². The monoisotopic (exact) mass is 472 g/mol. The normalized spacial score (nSPS) is 12.1. The number of carbonyl (C=O) groups excluding carboxylic acids is 1. The van der Waals surface area contributed by atoms with Crippen molar-refractivity contribution < 1.29 is 9.53 Å². The molecular weight excluding hydrogens is 432 g/mol. The van der Waals surface area contributed by atoms with Crippen molar-refractivity contribution in [3.63, 3.8) is 0 Å². The van der Waals surface area contributed by atoms with Crippen molar-refractivity contribution in [1.29, 1.82) is 0 Å². The molecule has 0 heterocycles. The molecule has 0 fully saturated rings. The fourth-order valence-electron chi connectivity index (χ4n) is 3.17. The maximum absolute atomic E-state index is 10.5. The van der Waals surface area contributed by atoms with Crippen molar-refractivity contribution in [2.45, 2.75) is 103 Å². The Hall–Kier alpha value is -0.480. The first kappa shape index (κ1) is 27.5. The van der Waals surface area contributed by atoms with E-state index in [-0.39, 0.29) is 5.97 Å². The molecule has 0 amide bonds. The van der Waals surface area contributed by atoms with Crippen LogP contribution in [0.5, 0.6) is 0 Å². The number of hydrogen-bond acceptors (Lipinski definition) is 3. The summed E-state index contributed by atoms with van der Waals surface area (Å²) in [5.74, 6) is 0.457. The van der Waals surface area contributed by atoms with Crippen LogP contribution in [0.2, 0.25) is 0 Å². The zero-order valence-corrected chi connectivity index (χ0v) is 21.3. The van der Waals surface area contributed by atoms with Gasteiger partial charge in [0.2, 0.25) is 0 Å². The van der Waals surface area contributed by atoms with Crippen LogP contribution in [0.15, 0.2) is 22.7 Å². The van der Waals surface area contributed by atoms with Gasteiger partial charge in [-0.3, -0.25) is 4.79 Å². The Morgan fingerprint density at radius 1 is 1.07 bits per heavy atom. The van der Waals surface area contributed by atoms with Gasteiger partial charge in [0.05, 0.1) is 7.11 Å². The van der Waals surface area contributed by atoms with E-state index in [0.717, 1.165) is 5.92 Å². The maximum Gasteiger partial charge on any atom is 0.321 e. The summed E-state index contributed by atoms with van der Waals surface area (Å²) < 4.78 is 4.97. The smallest absolute Gasteiger partial charge is 0.321 e. The average molecular weight is 474 g/mol. The highest BCUT2D eigenvalue weighted by Crippen LogP contribution is 2.30. The molecule has 1 unspecified atom stereocenters. The van der Waals surface area contributed by atoms with Crippen molar-refractivity contribution in [1.82, 2.24) is 0 Å². The minimum atomic E-state index is -0.658. The SMILES string of the molecule is CCCCCCCCC(CCC)c1ccc(Br)c(C)c1.COC(=O)C(C)(C)S. The van der Waals surface area contributed by atoms with Crippen LogP contribution in [0.4, 0.5) is 0 Å². The van der Waals surface area contributed by atoms with E-state index in [0.29, 0.717) is 0 Å². The quantitative estimate of drug-likeness (QED) is 0.199. The van der Waals surface area contributed by atoms with Crippen LogP contribution < -0.4 is 0 Å². The van der Waals surface area contributed by atoms with Crippen LogP contribution in [0, 0.1) is 6.92 Å². The fraction of sp³-hybridized carbons (Fsp3) is 0.708. The second-order valence-electron chi connectivity index (χ2n) is 8.10. The predicted molar refractivity (Wildman–Crippen MR) is 130 cm³/mol. The third-order valence-electron chi connectivity index (χ3n) is 4.88. The lowest BCUT2D eigenvalue weighted by Gasteiger charge is -2.17. The number of ether oxygens (including phenoxy) is 1. The van der Waals surface area contributed by atoms with Crippen molar-refractivity contribution in [2.24, 2.45) is 0 Å². The van der Waals surface area contributed by atoms with Crippen LogP contribution >= 0.6 is 28.6 Å². The van der Waals surface area contributed by atoms with Crippen LogP contribution in [-0.4, -0.2) is 17.8 Å². The molecule has 0 saturated heterocycles. The fourth-order valence-corrected chi connectivity index (χ4v) is 3.51. The summed E-state index contributed by atoms with van der Waals surface area (Å²) in [4.78, 5) is 10.5. The summed E-state index contributed by atoms with van der Waals surface area (Å²) in [6.45, 7) is 10.2. The van der Waals surface area contributed by atoms with E-state index in [1.54, 1.807) is 19.4 Å². The second kappa shape index (κ2) is 15.4. The van der Waals surface area contributed by atoms with Gasteiger partial charge in [0.1, 0.15) is 4.75 Å². The molecule has 0 spiro atoms. The van der Waals surface area contributed by atoms with Crippen LogP contribution in [0.1, 0.15) is 103 Å². The minimum Gasteiger partial charge on any atom is -0.468 e. The Balaban J connectivity index is 0.000000769. The Morgan fingerprint density at radius 3 is 2.14 bits per heavy atom. The number of halogens is 1. The third-order valence-corrected chi connectivity index (χ3v) is 5.95. The molecule has 0 bridgehead atoms. The Labute approximate surface area is 187 Å². The number of carbonyl (C=O) groups is 1. The Bertz CT molecular complexity index is 552. The number of esters is 1. The number of unbranched alkanes of at least 4 members (excludes halogenated alkanes) is 5. The lowest BCUT2D eigenvalue weighted by Crippen LogP contribution is -2.25. The van der Waals surface area contributed by atoms with Gasteiger partial charge < -0.3 is 4.74 Å². The van der Waals surface area contributed by atoms with E-state index in [1.807, 2.05) is 0 Å². The molecule has 0 aliphatic rings. The molecule has 2 nitrogen and oxygen atoms in total. The van der Waals surface area contributed by atoms with Gasteiger partial charge >= 0.3 is 5.97 Å². The maximum atomic E-state index is 10.5. The number of methoxy groups -OCH3 is 1. The van der Waals surface area contributed by atoms with Gasteiger partial charge in [0.15, 0.2) is 0 Å². The Morgan fingerprint density at radius 2 is 1.68 bits per heavy atom. The first-order valence-corrected chi connectivity index (χ1v) is 12.0. The first-order chi connectivity index (χ1) is 13.2. The summed E-state index contributed by atoms with van der Waals surface area (Å²) in [6, 6.07) is 6.91. The number of benzene rings is 1. The molecular formula is C24H41BrO2S. The lowest BCUT2D eigenvalue weighted by atomic mass is 9.88. The molecule has 1 rings (SSSR count). The zero-order valence-electron chi connectivity index (χ0n) is 18.8. The van der Waals surface area contributed by atoms with Crippen molar-refractivity contribution in [3.8, 4) is 0 Å². The molecule has 1 aromatic rings. The van der Waals surface area contributed by atoms with E-state index in [1.165, 1.54) is 74.9 Å². The molecule has 1 atom stereocenters. The molecule has 0 aliphatic carbocycles. The van der Waals surface area contributed by atoms with Crippen molar-refractivity contribution >= 4 is 34.5 Å². The molecule has 0 aliphatic heterocycles. The summed E-state index contributed by atoms with van der Waals surface area (Å²) in [5, 5.41) is 0. The molecule has 162 valence electrons. The summed E-state index contributed by atoms with van der Waals surface area (Å²) >= 11 is 7.56. The van der Waals surface area contributed by atoms with E-state index < -0.39 is 4.75 Å². The highest BCUT2D eigenvalue weighted by molar-refractivity contribution is 9.10. The Kier molecular flexibility index (Phi) is 15.1. The molecule has 1 aromatic carbocycles. The van der Waals surface area contributed by atoms with Gasteiger partial charge in [-0.1, -0.05) is 86.9 Å². The molecule has 0 N–H and O–H groups in total. The number of aryl methyl sites for hydroxylation is 1. The standard InChI is InChI=1S/C19H31Br.C5H10O2S/c1-4-6-7-8-9-10-12-17(11-5-2)18-13-14-19(20)16(3)15-18;1-5(2,8)4(6)7-3/h13-15,17H,4-12H2,1-3H3;8H,1-3H3. The third kappa shape index (κ3) is 12.2. The highest BCUT2D eigenvalue weighted by atomic mass is 79.9. The van der Waals surface area contributed by atoms with Gasteiger partial charge in [-0.05, 0) is 56.7 Å². The van der Waals surface area contributed by atoms with Crippen molar-refractivity contribution in [2.75, 3.05) is 7.11 Å². The van der Waals surface area contributed by atoms with Crippen LogP contribution in [0.25, 0.3) is 0 Å². The van der Waals surface area contributed by atoms with Gasteiger partial charge in [-0.25, -0.2) is 0 Å². The molecule has 0 aromatic heterocycles. The largest absolute Gasteiger partial charge is 0.468 e. The first-order valence-electron chi connectivity index (χ1n) is 10.7. The number of hydrogen-bond donors (Lipinski definition) is 1. The number of rotatable bonds is 11. The van der Waals surface area contributed by atoms with Gasteiger partial charge in [-0.15, -0.1) is 0 Å². The highest BCUT2D eigenvalue weighted by Gasteiger charge is 2.22. The van der Waals surface area contributed by atoms with E-state index in [2.05, 4.69) is 72.3 Å². The molecule has 0 radical (unpaired) electrons. The number of thiol groups is 1. The summed E-state index contributed by atoms with van der Waals surface area (Å²) in [6.07, 6.45) is 12.4. The van der Waals surface area contributed by atoms with Gasteiger partial charge in [-0.2, -0.15) is 12.6 Å². The van der Waals surface area contributed by atoms with Crippen molar-refractivity contribution in [3.05, 3.63) is 33.8 Å². The lowest BCUT2D eigenvalue weighted by molar-refractivity contribution is -0.142. The topological polar surface area (TPSA) is 26.3 Å². The summed E-state index contributed by atoms with van der Waals surface area (Å²) in [5.41, 5.74) is 2.91. The minimum absolute atomic E-state index is 0.305. The average Bonchev–Trinajstić information content (AvgIpc) is 2.65. The second-order valence-corrected chi connectivity index (χ2v) is 10.1.